The van der Waals surface area contributed by atoms with Crippen molar-refractivity contribution in [3.8, 4) is 0 Å². The molecule has 2 rings (SSSR count). The van der Waals surface area contributed by atoms with E-state index in [0.29, 0.717) is 0 Å². The van der Waals surface area contributed by atoms with Crippen LogP contribution in [0, 0.1) is 0 Å². The minimum atomic E-state index is -3.13. The number of halogens is 2. The Hall–Kier alpha value is -1.58. The largest absolute Gasteiger partial charge is 0.393 e. The molecule has 3 N–H and O–H groups in total. The molecule has 1 aromatic rings. The Morgan fingerprint density at radius 1 is 1.58 bits per heavy atom. The summed E-state index contributed by atoms with van der Waals surface area (Å²) in [5, 5.41) is 18.5. The Morgan fingerprint density at radius 2 is 2.26 bits per heavy atom. The predicted molar refractivity (Wildman–Crippen MR) is 57.9 cm³/mol. The number of hydrogen-bond acceptors (Lipinski definition) is 5. The first-order valence-electron chi connectivity index (χ1n) is 5.43. The van der Waals surface area contributed by atoms with Gasteiger partial charge in [0.15, 0.2) is 5.60 Å². The van der Waals surface area contributed by atoms with E-state index in [1.807, 2.05) is 4.98 Å². The van der Waals surface area contributed by atoms with E-state index in [-0.39, 0.29) is 0 Å². The molecule has 1 aliphatic rings. The molecular weight excluding hydrogens is 266 g/mol. The van der Waals surface area contributed by atoms with Crippen LogP contribution in [0.3, 0.4) is 0 Å². The van der Waals surface area contributed by atoms with Gasteiger partial charge in [-0.15, -0.1) is 0 Å². The summed E-state index contributed by atoms with van der Waals surface area (Å²) < 4.78 is 32.6. The Morgan fingerprint density at radius 3 is 2.74 bits per heavy atom. The van der Waals surface area contributed by atoms with Gasteiger partial charge in [0.2, 0.25) is 5.85 Å². The molecule has 0 bridgehead atoms. The molecule has 9 heteroatoms. The molecule has 19 heavy (non-hydrogen) atoms. The second-order valence-electron chi connectivity index (χ2n) is 4.34. The van der Waals surface area contributed by atoms with Crippen molar-refractivity contribution in [3.63, 3.8) is 0 Å². The second kappa shape index (κ2) is 4.51. The first-order valence-corrected chi connectivity index (χ1v) is 5.43. The van der Waals surface area contributed by atoms with Crippen LogP contribution >= 0.6 is 0 Å². The molecule has 0 unspecified atom stereocenters. The lowest BCUT2D eigenvalue weighted by molar-refractivity contribution is -0.223. The smallest absolute Gasteiger partial charge is 0.330 e. The molecule has 1 aromatic heterocycles. The summed E-state index contributed by atoms with van der Waals surface area (Å²) in [6.45, 7) is -2.56. The molecule has 0 aromatic carbocycles. The fourth-order valence-corrected chi connectivity index (χ4v) is 1.95. The number of nitrogens with zero attached hydrogens (tertiary/aromatic N) is 1. The van der Waals surface area contributed by atoms with Crippen molar-refractivity contribution in [2.45, 2.75) is 24.1 Å². The van der Waals surface area contributed by atoms with Gasteiger partial charge in [-0.25, -0.2) is 13.6 Å². The maximum Gasteiger partial charge on any atom is 0.330 e. The average molecular weight is 278 g/mol. The van der Waals surface area contributed by atoms with Crippen LogP contribution in [0.25, 0.3) is 0 Å². The molecule has 0 radical (unpaired) electrons. The third-order valence-corrected chi connectivity index (χ3v) is 3.14. The highest BCUT2D eigenvalue weighted by atomic mass is 19.2. The second-order valence-corrected chi connectivity index (χ2v) is 4.34. The normalized spacial score (nSPS) is 34.6. The number of aromatic amines is 1. The molecule has 0 aliphatic carbocycles. The number of aliphatic hydroxyl groups is 2. The monoisotopic (exact) mass is 278 g/mol. The maximum atomic E-state index is 13.9. The van der Waals surface area contributed by atoms with Gasteiger partial charge in [0.05, 0.1) is 13.0 Å². The molecule has 1 aliphatic heterocycles. The Balaban J connectivity index is 2.40. The number of H-pyrrole nitrogens is 1. The predicted octanol–water partition coefficient (Wildman–Crippen LogP) is -1.19. The van der Waals surface area contributed by atoms with E-state index in [1.54, 1.807) is 0 Å². The molecule has 0 amide bonds. The van der Waals surface area contributed by atoms with Crippen molar-refractivity contribution in [2.75, 3.05) is 13.3 Å². The number of alkyl halides is 2. The van der Waals surface area contributed by atoms with Crippen molar-refractivity contribution >= 4 is 0 Å². The van der Waals surface area contributed by atoms with Gasteiger partial charge >= 0.3 is 5.69 Å². The van der Waals surface area contributed by atoms with Crippen molar-refractivity contribution in [3.05, 3.63) is 33.1 Å². The van der Waals surface area contributed by atoms with E-state index in [2.05, 4.69) is 0 Å². The number of ether oxygens (including phenoxy) is 1. The van der Waals surface area contributed by atoms with Crippen LogP contribution in [0.5, 0.6) is 0 Å². The molecule has 1 fully saturated rings. The average Bonchev–Trinajstić information content (AvgIpc) is 2.60. The number of aromatic nitrogens is 2. The van der Waals surface area contributed by atoms with Crippen LogP contribution in [-0.4, -0.2) is 44.5 Å². The highest BCUT2D eigenvalue weighted by Gasteiger charge is 2.61. The summed E-state index contributed by atoms with van der Waals surface area (Å²) in [6, 6.07) is 0.996. The molecule has 2 heterocycles. The van der Waals surface area contributed by atoms with Gasteiger partial charge in [-0.2, -0.15) is 0 Å². The quantitative estimate of drug-likeness (QED) is 0.645. The first-order chi connectivity index (χ1) is 8.85. The molecule has 0 spiro atoms. The van der Waals surface area contributed by atoms with E-state index in [4.69, 9.17) is 9.84 Å². The van der Waals surface area contributed by atoms with E-state index < -0.39 is 48.6 Å². The standard InChI is InChI=1S/C10H12F2N2O5/c11-4-9(5-15)10(12,18)3-7(19-9)14-2-1-6(16)13-8(14)17/h1-2,7,15,18H,3-5H2,(H,13,16,17)/t7-,9-,10-/m1/s1. The van der Waals surface area contributed by atoms with Crippen LogP contribution in [0.15, 0.2) is 21.9 Å². The van der Waals surface area contributed by atoms with Gasteiger partial charge in [0, 0.05) is 12.3 Å². The highest BCUT2D eigenvalue weighted by molar-refractivity contribution is 5.01. The van der Waals surface area contributed by atoms with Crippen LogP contribution in [0.2, 0.25) is 0 Å². The van der Waals surface area contributed by atoms with Gasteiger partial charge in [0.1, 0.15) is 12.9 Å². The minimum Gasteiger partial charge on any atom is -0.393 e. The first kappa shape index (κ1) is 13.8. The molecule has 7 nitrogen and oxygen atoms in total. The molecule has 0 saturated carbocycles. The lowest BCUT2D eigenvalue weighted by atomic mass is 9.97. The number of nitrogens with one attached hydrogen (secondary N) is 1. The fourth-order valence-electron chi connectivity index (χ4n) is 1.95. The lowest BCUT2D eigenvalue weighted by Gasteiger charge is -2.30. The Bertz CT molecular complexity index is 578. The van der Waals surface area contributed by atoms with Gasteiger partial charge in [-0.05, 0) is 0 Å². The van der Waals surface area contributed by atoms with Crippen LogP contribution in [0.1, 0.15) is 12.6 Å². The maximum absolute atomic E-state index is 13.9. The van der Waals surface area contributed by atoms with Crippen molar-refractivity contribution in [1.29, 1.82) is 0 Å². The summed E-state index contributed by atoms with van der Waals surface area (Å²) in [4.78, 5) is 24.3. The van der Waals surface area contributed by atoms with Crippen molar-refractivity contribution in [2.24, 2.45) is 0 Å². The minimum absolute atomic E-state index is 0.659. The third kappa shape index (κ3) is 2.09. The van der Waals surface area contributed by atoms with Crippen molar-refractivity contribution < 1.29 is 23.7 Å². The van der Waals surface area contributed by atoms with E-state index in [9.17, 15) is 23.5 Å². The fraction of sp³-hybridized carbons (Fsp3) is 0.600. The third-order valence-electron chi connectivity index (χ3n) is 3.14. The van der Waals surface area contributed by atoms with Crippen LogP contribution < -0.4 is 11.2 Å². The summed E-state index contributed by atoms with van der Waals surface area (Å²) in [5.41, 5.74) is -3.98. The SMILES string of the molecule is O=c1ccn([C@H]2C[C@](O)(F)[C@](CO)(CF)O2)c(=O)[nH]1. The van der Waals surface area contributed by atoms with Gasteiger partial charge in [-0.3, -0.25) is 14.3 Å². The molecule has 3 atom stereocenters. The summed E-state index contributed by atoms with van der Waals surface area (Å²) >= 11 is 0. The molecule has 106 valence electrons. The van der Waals surface area contributed by atoms with Crippen molar-refractivity contribution in [1.82, 2.24) is 9.55 Å². The van der Waals surface area contributed by atoms with E-state index in [0.717, 1.165) is 16.8 Å². The topological polar surface area (TPSA) is 105 Å². The van der Waals surface area contributed by atoms with E-state index in [1.165, 1.54) is 0 Å². The molecule has 1 saturated heterocycles. The van der Waals surface area contributed by atoms with Gasteiger partial charge < -0.3 is 14.9 Å². The lowest BCUT2D eigenvalue weighted by Crippen LogP contribution is -2.52. The molecular formula is C10H12F2N2O5. The number of rotatable bonds is 3. The Labute approximate surface area is 105 Å². The number of hydrogen-bond donors (Lipinski definition) is 3. The zero-order valence-corrected chi connectivity index (χ0v) is 9.68. The zero-order chi connectivity index (χ0) is 14.3. The number of aliphatic hydroxyl groups excluding tert-OH is 1. The summed E-state index contributed by atoms with van der Waals surface area (Å²) in [7, 11) is 0. The van der Waals surface area contributed by atoms with Crippen LogP contribution in [-0.2, 0) is 4.74 Å². The van der Waals surface area contributed by atoms with E-state index >= 15 is 0 Å². The Kier molecular flexibility index (Phi) is 3.29. The van der Waals surface area contributed by atoms with Crippen LogP contribution in [0.4, 0.5) is 8.78 Å². The summed E-state index contributed by atoms with van der Waals surface area (Å²) in [5.74, 6) is -3.13. The van der Waals surface area contributed by atoms with Gasteiger partial charge in [0.25, 0.3) is 5.56 Å². The van der Waals surface area contributed by atoms with Gasteiger partial charge in [-0.1, -0.05) is 0 Å². The highest BCUT2D eigenvalue weighted by Crippen LogP contribution is 2.45. The zero-order valence-electron chi connectivity index (χ0n) is 9.68. The summed E-state index contributed by atoms with van der Waals surface area (Å²) in [6.07, 6.45) is -1.04.